The Kier molecular flexibility index (Phi) is 3.05. The number of amides is 1. The second-order valence-electron chi connectivity index (χ2n) is 2.25. The minimum absolute atomic E-state index is 0.295. The van der Waals surface area contributed by atoms with E-state index in [4.69, 9.17) is 11.6 Å². The molecule has 0 heterocycles. The van der Waals surface area contributed by atoms with E-state index in [2.05, 4.69) is 5.32 Å². The molecule has 0 radical (unpaired) electrons. The van der Waals surface area contributed by atoms with Crippen molar-refractivity contribution in [3.8, 4) is 0 Å². The van der Waals surface area contributed by atoms with E-state index in [1.165, 1.54) is 12.1 Å². The molecule has 1 rings (SSSR count). The molecule has 0 aliphatic carbocycles. The highest BCUT2D eigenvalue weighted by Gasteiger charge is 1.95. The van der Waals surface area contributed by atoms with Gasteiger partial charge in [-0.2, -0.15) is 0 Å². The van der Waals surface area contributed by atoms with Gasteiger partial charge in [-0.15, -0.1) is 0 Å². The van der Waals surface area contributed by atoms with Crippen molar-refractivity contribution in [2.24, 2.45) is 0 Å². The molecule has 0 saturated carbocycles. The molecule has 1 aromatic rings. The van der Waals surface area contributed by atoms with Gasteiger partial charge >= 0.3 is 5.37 Å². The normalized spacial score (nSPS) is 9.50. The summed E-state index contributed by atoms with van der Waals surface area (Å²) in [5.74, 6) is -0.295. The van der Waals surface area contributed by atoms with Crippen molar-refractivity contribution >= 4 is 17.0 Å². The minimum atomic E-state index is -0.612. The van der Waals surface area contributed by atoms with Crippen LogP contribution in [0.25, 0.3) is 0 Å². The van der Waals surface area contributed by atoms with Crippen molar-refractivity contribution in [2.75, 3.05) is 0 Å². The van der Waals surface area contributed by atoms with Gasteiger partial charge in [-0.3, -0.25) is 4.79 Å². The lowest BCUT2D eigenvalue weighted by atomic mass is 10.2. The van der Waals surface area contributed by atoms with Crippen LogP contribution < -0.4 is 5.32 Å². The summed E-state index contributed by atoms with van der Waals surface area (Å²) >= 11 is 5.03. The number of carbonyl (C=O) groups excluding carboxylic acids is 1. The van der Waals surface area contributed by atoms with E-state index in [1.807, 2.05) is 0 Å². The van der Waals surface area contributed by atoms with E-state index in [0.29, 0.717) is 6.54 Å². The minimum Gasteiger partial charge on any atom is -0.339 e. The second kappa shape index (κ2) is 4.07. The van der Waals surface area contributed by atoms with Gasteiger partial charge in [0, 0.05) is 6.54 Å². The summed E-state index contributed by atoms with van der Waals surface area (Å²) in [5, 5.41) is 1.77. The van der Waals surface area contributed by atoms with Crippen molar-refractivity contribution in [3.05, 3.63) is 35.6 Å². The van der Waals surface area contributed by atoms with E-state index in [0.717, 1.165) is 5.56 Å². The molecule has 64 valence electrons. The number of hydrogen-bond donors (Lipinski definition) is 1. The molecule has 1 amide bonds. The van der Waals surface area contributed by atoms with Gasteiger partial charge in [0.15, 0.2) is 0 Å². The third-order valence-electron chi connectivity index (χ3n) is 1.34. The predicted octanol–water partition coefficient (Wildman–Crippen LogP) is 2.27. The maximum atomic E-state index is 12.4. The van der Waals surface area contributed by atoms with E-state index in [1.54, 1.807) is 12.1 Å². The zero-order chi connectivity index (χ0) is 8.97. The van der Waals surface area contributed by atoms with Crippen LogP contribution in [0.2, 0.25) is 0 Å². The molecule has 0 spiro atoms. The Hall–Kier alpha value is -1.09. The SMILES string of the molecule is O=C(Cl)NCc1ccc(F)cc1. The molecule has 1 aromatic carbocycles. The average molecular weight is 188 g/mol. The molecule has 0 aromatic heterocycles. The molecule has 0 fully saturated rings. The molecule has 0 aliphatic heterocycles. The van der Waals surface area contributed by atoms with Gasteiger partial charge in [-0.05, 0) is 29.3 Å². The Balaban J connectivity index is 2.53. The molecule has 0 aliphatic rings. The number of hydrogen-bond acceptors (Lipinski definition) is 1. The van der Waals surface area contributed by atoms with Gasteiger partial charge in [0.25, 0.3) is 0 Å². The zero-order valence-electron chi connectivity index (χ0n) is 6.18. The molecule has 0 saturated heterocycles. The van der Waals surface area contributed by atoms with Crippen LogP contribution in [0.15, 0.2) is 24.3 Å². The predicted molar refractivity (Wildman–Crippen MR) is 44.5 cm³/mol. The highest BCUT2D eigenvalue weighted by Crippen LogP contribution is 2.01. The van der Waals surface area contributed by atoms with Crippen LogP contribution in [0.1, 0.15) is 5.56 Å². The summed E-state index contributed by atoms with van der Waals surface area (Å²) in [6.45, 7) is 0.322. The lowest BCUT2D eigenvalue weighted by molar-refractivity contribution is 0.259. The summed E-state index contributed by atoms with van der Waals surface area (Å²) in [6, 6.07) is 5.83. The first-order valence-corrected chi connectivity index (χ1v) is 3.74. The van der Waals surface area contributed by atoms with Crippen LogP contribution in [0, 0.1) is 5.82 Å². The molecule has 4 heteroatoms. The summed E-state index contributed by atoms with van der Waals surface area (Å²) in [7, 11) is 0. The number of nitrogens with one attached hydrogen (secondary N) is 1. The van der Waals surface area contributed by atoms with Crippen molar-refractivity contribution < 1.29 is 9.18 Å². The smallest absolute Gasteiger partial charge is 0.314 e. The Morgan fingerprint density at radius 3 is 2.50 bits per heavy atom. The highest BCUT2D eigenvalue weighted by atomic mass is 35.5. The van der Waals surface area contributed by atoms with Crippen LogP contribution >= 0.6 is 11.6 Å². The van der Waals surface area contributed by atoms with Crippen molar-refractivity contribution in [3.63, 3.8) is 0 Å². The second-order valence-corrected chi connectivity index (χ2v) is 2.60. The largest absolute Gasteiger partial charge is 0.339 e. The van der Waals surface area contributed by atoms with E-state index < -0.39 is 5.37 Å². The number of rotatable bonds is 2. The van der Waals surface area contributed by atoms with Crippen LogP contribution in [0.3, 0.4) is 0 Å². The van der Waals surface area contributed by atoms with Crippen LogP contribution in [0.4, 0.5) is 9.18 Å². The average Bonchev–Trinajstić information content (AvgIpc) is 2.03. The molecule has 12 heavy (non-hydrogen) atoms. The van der Waals surface area contributed by atoms with Crippen molar-refractivity contribution in [1.29, 1.82) is 0 Å². The first-order valence-electron chi connectivity index (χ1n) is 3.36. The molecule has 1 N–H and O–H groups in total. The van der Waals surface area contributed by atoms with E-state index in [9.17, 15) is 9.18 Å². The fraction of sp³-hybridized carbons (Fsp3) is 0.125. The number of halogens is 2. The standard InChI is InChI=1S/C8H7ClFNO/c9-8(12)11-5-6-1-3-7(10)4-2-6/h1-4H,5H2,(H,11,12). The quantitative estimate of drug-likeness (QED) is 0.559. The molecule has 2 nitrogen and oxygen atoms in total. The summed E-state index contributed by atoms with van der Waals surface area (Å²) in [4.78, 5) is 10.3. The fourth-order valence-electron chi connectivity index (χ4n) is 0.774. The molecule has 0 bridgehead atoms. The van der Waals surface area contributed by atoms with Crippen LogP contribution in [-0.2, 0) is 6.54 Å². The van der Waals surface area contributed by atoms with E-state index in [-0.39, 0.29) is 5.82 Å². The highest BCUT2D eigenvalue weighted by molar-refractivity contribution is 6.62. The Morgan fingerprint density at radius 2 is 2.00 bits per heavy atom. The van der Waals surface area contributed by atoms with Crippen molar-refractivity contribution in [1.82, 2.24) is 5.32 Å². The molecule has 0 atom stereocenters. The maximum Gasteiger partial charge on any atom is 0.314 e. The van der Waals surface area contributed by atoms with Crippen molar-refractivity contribution in [2.45, 2.75) is 6.54 Å². The lowest BCUT2D eigenvalue weighted by Crippen LogP contribution is -2.15. The fourth-order valence-corrected chi connectivity index (χ4v) is 0.841. The van der Waals surface area contributed by atoms with Crippen LogP contribution in [-0.4, -0.2) is 5.37 Å². The molecular weight excluding hydrogens is 181 g/mol. The number of carbonyl (C=O) groups is 1. The van der Waals surface area contributed by atoms with Gasteiger partial charge < -0.3 is 5.32 Å². The monoisotopic (exact) mass is 187 g/mol. The molecule has 0 unspecified atom stereocenters. The van der Waals surface area contributed by atoms with Gasteiger partial charge in [0.05, 0.1) is 0 Å². The Bertz CT molecular complexity index is 273. The van der Waals surface area contributed by atoms with Crippen LogP contribution in [0.5, 0.6) is 0 Å². The third-order valence-corrected chi connectivity index (χ3v) is 1.48. The molecular formula is C8H7ClFNO. The van der Waals surface area contributed by atoms with Gasteiger partial charge in [0.2, 0.25) is 0 Å². The zero-order valence-corrected chi connectivity index (χ0v) is 6.94. The topological polar surface area (TPSA) is 29.1 Å². The Morgan fingerprint density at radius 1 is 1.42 bits per heavy atom. The lowest BCUT2D eigenvalue weighted by Gasteiger charge is -1.99. The third kappa shape index (κ3) is 2.88. The summed E-state index contributed by atoms with van der Waals surface area (Å²) < 4.78 is 12.4. The van der Waals surface area contributed by atoms with Gasteiger partial charge in [-0.1, -0.05) is 12.1 Å². The van der Waals surface area contributed by atoms with Gasteiger partial charge in [-0.25, -0.2) is 4.39 Å². The Labute approximate surface area is 74.3 Å². The summed E-state index contributed by atoms with van der Waals surface area (Å²) in [5.41, 5.74) is 0.811. The first-order chi connectivity index (χ1) is 5.68. The van der Waals surface area contributed by atoms with E-state index >= 15 is 0 Å². The number of benzene rings is 1. The first kappa shape index (κ1) is 9.00. The summed E-state index contributed by atoms with van der Waals surface area (Å²) in [6.07, 6.45) is 0. The maximum absolute atomic E-state index is 12.4. The van der Waals surface area contributed by atoms with Gasteiger partial charge in [0.1, 0.15) is 5.82 Å².